The van der Waals surface area contributed by atoms with E-state index in [1.54, 1.807) is 0 Å². The maximum atomic E-state index is 13.1. The van der Waals surface area contributed by atoms with E-state index >= 15 is 0 Å². The Morgan fingerprint density at radius 2 is 0.693 bits per heavy atom. The molecule has 9 heteroatoms. The number of hydrogen-bond donors (Lipinski definition) is 2. The predicted octanol–water partition coefficient (Wildman–Crippen LogP) is 24.3. The van der Waals surface area contributed by atoms with Gasteiger partial charge in [-0.05, 0) is 64.2 Å². The van der Waals surface area contributed by atoms with Crippen molar-refractivity contribution in [1.82, 2.24) is 5.32 Å². The van der Waals surface area contributed by atoms with Gasteiger partial charge in [0.25, 0.3) is 7.82 Å². The van der Waals surface area contributed by atoms with E-state index in [1.165, 1.54) is 270 Å². The molecular weight excluding hydrogens is 1100 g/mol. The van der Waals surface area contributed by atoms with Crippen molar-refractivity contribution in [2.75, 3.05) is 40.9 Å². The number of allylic oxidation sites excluding steroid dienone is 12. The molecule has 3 atom stereocenters. The van der Waals surface area contributed by atoms with Crippen molar-refractivity contribution in [3.63, 3.8) is 0 Å². The van der Waals surface area contributed by atoms with Gasteiger partial charge >= 0.3 is 0 Å². The van der Waals surface area contributed by atoms with Crippen molar-refractivity contribution in [3.8, 4) is 0 Å². The molecule has 0 radical (unpaired) electrons. The number of likely N-dealkylation sites (N-methyl/N-ethyl adjacent to an activating group) is 1. The van der Waals surface area contributed by atoms with E-state index in [0.717, 1.165) is 77.0 Å². The predicted molar refractivity (Wildman–Crippen MR) is 385 cm³/mol. The van der Waals surface area contributed by atoms with Crippen molar-refractivity contribution in [3.05, 3.63) is 72.9 Å². The summed E-state index contributed by atoms with van der Waals surface area (Å²) in [7, 11) is 1.32. The van der Waals surface area contributed by atoms with Crippen LogP contribution < -0.4 is 10.2 Å². The van der Waals surface area contributed by atoms with Crippen molar-refractivity contribution in [2.24, 2.45) is 0 Å². The Kier molecular flexibility index (Phi) is 67.7. The zero-order chi connectivity index (χ0) is 64.1. The van der Waals surface area contributed by atoms with Crippen LogP contribution in [0.2, 0.25) is 0 Å². The highest BCUT2D eigenvalue weighted by molar-refractivity contribution is 7.45. The SMILES string of the molecule is CC/C=C\C/C=C\C/C=C\C/C=C\C/C=C\C/C=C\CCCCCCCCCCCCCCCCCCC(=O)NC(COP(=O)([O-])OCC[N+](C)(C)C)C(O)CCCCCCCCCCCCCCCCCCCCCCCCCCCCCCCCC. The van der Waals surface area contributed by atoms with Gasteiger partial charge in [-0.3, -0.25) is 9.36 Å². The van der Waals surface area contributed by atoms with Crippen LogP contribution in [0.3, 0.4) is 0 Å². The van der Waals surface area contributed by atoms with Gasteiger partial charge in [-0.2, -0.15) is 0 Å². The van der Waals surface area contributed by atoms with Crippen molar-refractivity contribution in [1.29, 1.82) is 0 Å². The minimum atomic E-state index is -4.59. The molecule has 0 aliphatic carbocycles. The zero-order valence-corrected chi connectivity index (χ0v) is 60.1. The molecule has 0 rings (SSSR count). The van der Waals surface area contributed by atoms with E-state index in [1.807, 2.05) is 21.1 Å². The Hall–Kier alpha value is -2.06. The summed E-state index contributed by atoms with van der Waals surface area (Å²) in [5.41, 5.74) is 0. The molecule has 516 valence electrons. The lowest BCUT2D eigenvalue weighted by atomic mass is 10.0. The quantitative estimate of drug-likeness (QED) is 0.0272. The highest BCUT2D eigenvalue weighted by Gasteiger charge is 2.24. The number of nitrogens with one attached hydrogen (secondary N) is 1. The normalized spacial score (nSPS) is 13.9. The molecule has 0 aromatic heterocycles. The van der Waals surface area contributed by atoms with E-state index in [2.05, 4.69) is 92.1 Å². The lowest BCUT2D eigenvalue weighted by Gasteiger charge is -2.30. The van der Waals surface area contributed by atoms with Crippen LogP contribution in [0.15, 0.2) is 72.9 Å². The lowest BCUT2D eigenvalue weighted by Crippen LogP contribution is -2.46. The van der Waals surface area contributed by atoms with Gasteiger partial charge in [0.05, 0.1) is 39.9 Å². The molecule has 0 fully saturated rings. The van der Waals surface area contributed by atoms with Crippen molar-refractivity contribution in [2.45, 2.75) is 386 Å². The minimum Gasteiger partial charge on any atom is -0.756 e. The first-order chi connectivity index (χ1) is 43.0. The van der Waals surface area contributed by atoms with Crippen LogP contribution in [0.1, 0.15) is 373 Å². The molecule has 0 aromatic rings. The van der Waals surface area contributed by atoms with E-state index in [4.69, 9.17) is 9.05 Å². The molecule has 0 heterocycles. The zero-order valence-electron chi connectivity index (χ0n) is 59.2. The van der Waals surface area contributed by atoms with Gasteiger partial charge in [-0.1, -0.05) is 376 Å². The number of unbranched alkanes of at least 4 members (excludes halogenated alkanes) is 46. The van der Waals surface area contributed by atoms with Gasteiger partial charge < -0.3 is 28.8 Å². The molecule has 0 aliphatic rings. The van der Waals surface area contributed by atoms with Crippen LogP contribution in [0.4, 0.5) is 0 Å². The van der Waals surface area contributed by atoms with Crippen LogP contribution in [-0.2, 0) is 18.4 Å². The first kappa shape index (κ1) is 85.9. The average molecular weight is 1250 g/mol. The topological polar surface area (TPSA) is 108 Å². The third kappa shape index (κ3) is 71.4. The Bertz CT molecular complexity index is 1670. The number of phosphoric acid groups is 1. The lowest BCUT2D eigenvalue weighted by molar-refractivity contribution is -0.870. The summed E-state index contributed by atoms with van der Waals surface area (Å²) in [5, 5.41) is 14.1. The summed E-state index contributed by atoms with van der Waals surface area (Å²) in [6.45, 7) is 4.66. The highest BCUT2D eigenvalue weighted by atomic mass is 31.2. The number of phosphoric ester groups is 1. The fourth-order valence-electron chi connectivity index (χ4n) is 11.6. The van der Waals surface area contributed by atoms with E-state index in [0.29, 0.717) is 23.9 Å². The van der Waals surface area contributed by atoms with Crippen LogP contribution in [-0.4, -0.2) is 68.5 Å². The number of aliphatic hydroxyl groups excluding tert-OH is 1. The molecule has 88 heavy (non-hydrogen) atoms. The Morgan fingerprint density at radius 3 is 1.01 bits per heavy atom. The second-order valence-electron chi connectivity index (χ2n) is 27.3. The second-order valence-corrected chi connectivity index (χ2v) is 28.7. The summed E-state index contributed by atoms with van der Waals surface area (Å²) in [4.78, 5) is 25.7. The molecule has 0 saturated carbocycles. The maximum absolute atomic E-state index is 13.1. The third-order valence-electron chi connectivity index (χ3n) is 17.5. The van der Waals surface area contributed by atoms with Crippen LogP contribution in [0, 0.1) is 0 Å². The minimum absolute atomic E-state index is 0.0119. The molecule has 3 unspecified atom stereocenters. The number of amides is 1. The largest absolute Gasteiger partial charge is 0.756 e. The summed E-state index contributed by atoms with van der Waals surface area (Å²) in [6.07, 6.45) is 97.2. The second kappa shape index (κ2) is 69.3. The van der Waals surface area contributed by atoms with Gasteiger partial charge in [-0.25, -0.2) is 0 Å². The van der Waals surface area contributed by atoms with Gasteiger partial charge in [0, 0.05) is 6.42 Å². The highest BCUT2D eigenvalue weighted by Crippen LogP contribution is 2.38. The molecule has 0 aromatic carbocycles. The molecule has 0 bridgehead atoms. The van der Waals surface area contributed by atoms with E-state index in [-0.39, 0.29) is 19.1 Å². The van der Waals surface area contributed by atoms with E-state index < -0.39 is 20.0 Å². The van der Waals surface area contributed by atoms with Crippen LogP contribution in [0.5, 0.6) is 0 Å². The van der Waals surface area contributed by atoms with Gasteiger partial charge in [0.1, 0.15) is 13.2 Å². The molecule has 0 saturated heterocycles. The molecule has 0 spiro atoms. The number of quaternary nitrogens is 1. The van der Waals surface area contributed by atoms with Crippen LogP contribution in [0.25, 0.3) is 0 Å². The van der Waals surface area contributed by atoms with Crippen LogP contribution >= 0.6 is 7.82 Å². The molecule has 1 amide bonds. The maximum Gasteiger partial charge on any atom is 0.268 e. The number of carbonyl (C=O) groups is 1. The molecule has 0 aliphatic heterocycles. The van der Waals surface area contributed by atoms with Gasteiger partial charge in [-0.15, -0.1) is 0 Å². The van der Waals surface area contributed by atoms with E-state index in [9.17, 15) is 19.4 Å². The standard InChI is InChI=1S/C79H149N2O6P/c1-6-8-10-12-14-16-18-20-22-24-26-28-30-32-34-36-38-39-40-41-43-45-47-49-51-53-55-57-59-61-63-65-67-69-71-73-79(83)80-77(76-87-88(84,85)86-75-74-81(3,4)5)78(82)72-70-68-66-64-62-60-58-56-54-52-50-48-46-44-42-37-35-33-31-29-27-25-23-21-19-17-15-13-11-9-7-2/h8,10,14,16,20,22,26,28,32,34,38-39,77-78,82H,6-7,9,11-13,15,17-19,21,23-25,27,29-31,33,35-37,40-76H2,1-5H3,(H-,80,83,84,85)/b10-8-,16-14-,22-20-,28-26-,34-32-,39-38-. The smallest absolute Gasteiger partial charge is 0.268 e. The summed E-state index contributed by atoms with van der Waals surface area (Å²) < 4.78 is 23.6. The van der Waals surface area contributed by atoms with Crippen molar-refractivity contribution >= 4 is 13.7 Å². The third-order valence-corrected chi connectivity index (χ3v) is 18.4. The number of nitrogens with zero attached hydrogens (tertiary/aromatic N) is 1. The summed E-state index contributed by atoms with van der Waals surface area (Å²) in [6, 6.07) is -0.805. The Balaban J connectivity index is 3.98. The number of hydrogen-bond acceptors (Lipinski definition) is 6. The molecule has 2 N–H and O–H groups in total. The first-order valence-corrected chi connectivity index (χ1v) is 39.7. The Labute approximate surface area is 548 Å². The van der Waals surface area contributed by atoms with Crippen molar-refractivity contribution < 1.29 is 32.9 Å². The first-order valence-electron chi connectivity index (χ1n) is 38.3. The molecular formula is C79H149N2O6P. The fraction of sp³-hybridized carbons (Fsp3) is 0.835. The molecule has 8 nitrogen and oxygen atoms in total. The Morgan fingerprint density at radius 1 is 0.409 bits per heavy atom. The van der Waals surface area contributed by atoms with Gasteiger partial charge in [0.2, 0.25) is 5.91 Å². The monoisotopic (exact) mass is 1250 g/mol. The number of rotatable bonds is 71. The fourth-order valence-corrected chi connectivity index (χ4v) is 12.3. The number of carbonyl (C=O) groups excluding carboxylic acids is 1. The average Bonchev–Trinajstić information content (AvgIpc) is 3.64. The van der Waals surface area contributed by atoms with Gasteiger partial charge in [0.15, 0.2) is 0 Å². The summed E-state index contributed by atoms with van der Waals surface area (Å²) >= 11 is 0. The summed E-state index contributed by atoms with van der Waals surface area (Å²) in [5.74, 6) is -0.160. The number of aliphatic hydroxyl groups is 1.